The lowest BCUT2D eigenvalue weighted by Crippen LogP contribution is -2.50. The van der Waals surface area contributed by atoms with E-state index in [0.717, 1.165) is 32.2 Å². The van der Waals surface area contributed by atoms with E-state index in [9.17, 15) is 5.11 Å². The summed E-state index contributed by atoms with van der Waals surface area (Å²) in [7, 11) is 0. The highest BCUT2D eigenvalue weighted by Crippen LogP contribution is 2.42. The molecule has 2 atom stereocenters. The van der Waals surface area contributed by atoms with Crippen LogP contribution in [-0.2, 0) is 6.54 Å². The van der Waals surface area contributed by atoms with E-state index < -0.39 is 5.60 Å². The second-order valence-electron chi connectivity index (χ2n) is 6.01. The van der Waals surface area contributed by atoms with Gasteiger partial charge in [-0.3, -0.25) is 4.90 Å². The van der Waals surface area contributed by atoms with Crippen LogP contribution in [-0.4, -0.2) is 27.7 Å². The summed E-state index contributed by atoms with van der Waals surface area (Å²) in [5.74, 6) is 0. The van der Waals surface area contributed by atoms with Gasteiger partial charge in [0.1, 0.15) is 0 Å². The average molecular weight is 256 g/mol. The number of nitrogens with zero attached hydrogens (tertiary/aromatic N) is 2. The predicted molar refractivity (Wildman–Crippen MR) is 73.2 cm³/mol. The summed E-state index contributed by atoms with van der Waals surface area (Å²) in [5, 5.41) is 19.3. The van der Waals surface area contributed by atoms with Crippen LogP contribution in [0.25, 0.3) is 0 Å². The zero-order valence-corrected chi connectivity index (χ0v) is 11.1. The van der Waals surface area contributed by atoms with Gasteiger partial charge in [0.05, 0.1) is 18.1 Å². The first kappa shape index (κ1) is 12.7. The molecule has 2 bridgehead atoms. The van der Waals surface area contributed by atoms with Gasteiger partial charge in [-0.25, -0.2) is 0 Å². The van der Waals surface area contributed by atoms with Crippen LogP contribution in [0.5, 0.6) is 0 Å². The van der Waals surface area contributed by atoms with Crippen LogP contribution in [0.2, 0.25) is 0 Å². The van der Waals surface area contributed by atoms with Gasteiger partial charge in [0.15, 0.2) is 0 Å². The molecule has 19 heavy (non-hydrogen) atoms. The van der Waals surface area contributed by atoms with Gasteiger partial charge >= 0.3 is 0 Å². The first-order valence-electron chi connectivity index (χ1n) is 7.09. The smallest absolute Gasteiger partial charge is 0.0806 e. The zero-order chi connectivity index (χ0) is 13.3. The molecule has 0 saturated carbocycles. The molecule has 1 aromatic carbocycles. The van der Waals surface area contributed by atoms with Gasteiger partial charge in [0, 0.05) is 18.6 Å². The quantitative estimate of drug-likeness (QED) is 0.903. The van der Waals surface area contributed by atoms with Crippen LogP contribution in [0.3, 0.4) is 0 Å². The molecule has 3 rings (SSSR count). The molecule has 2 aliphatic heterocycles. The Kier molecular flexibility index (Phi) is 3.30. The molecule has 2 fully saturated rings. The molecule has 0 aliphatic carbocycles. The van der Waals surface area contributed by atoms with Gasteiger partial charge in [0.2, 0.25) is 0 Å². The maximum absolute atomic E-state index is 10.5. The molecule has 0 aromatic heterocycles. The lowest BCUT2D eigenvalue weighted by atomic mass is 9.84. The number of nitriles is 1. The van der Waals surface area contributed by atoms with Gasteiger partial charge in [-0.15, -0.1) is 0 Å². The first-order valence-corrected chi connectivity index (χ1v) is 7.09. The summed E-state index contributed by atoms with van der Waals surface area (Å²) in [6.07, 6.45) is 4.10. The highest BCUT2D eigenvalue weighted by Gasteiger charge is 2.47. The van der Waals surface area contributed by atoms with E-state index in [4.69, 9.17) is 5.26 Å². The number of benzene rings is 1. The summed E-state index contributed by atoms with van der Waals surface area (Å²) in [4.78, 5) is 2.53. The molecule has 2 unspecified atom stereocenters. The molecular formula is C16H20N2O. The van der Waals surface area contributed by atoms with Crippen molar-refractivity contribution in [3.63, 3.8) is 0 Å². The molecule has 2 heterocycles. The predicted octanol–water partition coefficient (Wildman–Crippen LogP) is 2.46. The molecule has 1 N–H and O–H groups in total. The Labute approximate surface area is 114 Å². The van der Waals surface area contributed by atoms with Gasteiger partial charge < -0.3 is 5.11 Å². The number of fused-ring (bicyclic) bond motifs is 2. The third-order valence-electron chi connectivity index (χ3n) is 4.62. The number of hydrogen-bond donors (Lipinski definition) is 1. The van der Waals surface area contributed by atoms with Gasteiger partial charge in [-0.05, 0) is 31.2 Å². The molecule has 2 saturated heterocycles. The monoisotopic (exact) mass is 256 g/mol. The van der Waals surface area contributed by atoms with E-state index in [1.807, 2.05) is 6.07 Å². The van der Waals surface area contributed by atoms with Gasteiger partial charge in [-0.1, -0.05) is 30.3 Å². The van der Waals surface area contributed by atoms with E-state index in [-0.39, 0.29) is 6.42 Å². The molecule has 3 heteroatoms. The number of rotatable bonds is 3. The Morgan fingerprint density at radius 3 is 2.42 bits per heavy atom. The summed E-state index contributed by atoms with van der Waals surface area (Å²) < 4.78 is 0. The normalized spacial score (nSPS) is 34.1. The van der Waals surface area contributed by atoms with Crippen molar-refractivity contribution in [1.82, 2.24) is 4.90 Å². The van der Waals surface area contributed by atoms with E-state index in [2.05, 4.69) is 35.2 Å². The van der Waals surface area contributed by atoms with Crippen molar-refractivity contribution in [2.24, 2.45) is 0 Å². The molecular weight excluding hydrogens is 236 g/mol. The van der Waals surface area contributed by atoms with Crippen LogP contribution >= 0.6 is 0 Å². The molecule has 0 radical (unpaired) electrons. The third kappa shape index (κ3) is 2.51. The number of piperidine rings is 1. The Morgan fingerprint density at radius 1 is 1.21 bits per heavy atom. The Morgan fingerprint density at radius 2 is 1.84 bits per heavy atom. The van der Waals surface area contributed by atoms with Crippen molar-refractivity contribution >= 4 is 0 Å². The average Bonchev–Trinajstić information content (AvgIpc) is 2.65. The first-order chi connectivity index (χ1) is 9.20. The van der Waals surface area contributed by atoms with Crippen molar-refractivity contribution in [3.05, 3.63) is 35.9 Å². The van der Waals surface area contributed by atoms with Gasteiger partial charge in [-0.2, -0.15) is 5.26 Å². The fourth-order valence-corrected chi connectivity index (χ4v) is 3.76. The minimum absolute atomic E-state index is 0.277. The standard InChI is InChI=1S/C16H20N2O/c17-9-8-16(19)10-14-6-7-15(11-16)18(14)12-13-4-2-1-3-5-13/h1-5,14-15,19H,6-8,10-12H2. The molecule has 0 spiro atoms. The largest absolute Gasteiger partial charge is 0.389 e. The van der Waals surface area contributed by atoms with Crippen molar-refractivity contribution in [2.75, 3.05) is 0 Å². The highest BCUT2D eigenvalue weighted by atomic mass is 16.3. The summed E-state index contributed by atoms with van der Waals surface area (Å²) in [5.41, 5.74) is 0.596. The van der Waals surface area contributed by atoms with Crippen LogP contribution in [0.15, 0.2) is 30.3 Å². The van der Waals surface area contributed by atoms with E-state index in [1.165, 1.54) is 5.56 Å². The van der Waals surface area contributed by atoms with Crippen LogP contribution in [0.1, 0.15) is 37.7 Å². The molecule has 0 amide bonds. The molecule has 1 aromatic rings. The van der Waals surface area contributed by atoms with E-state index in [0.29, 0.717) is 12.1 Å². The van der Waals surface area contributed by atoms with Crippen molar-refractivity contribution < 1.29 is 5.11 Å². The van der Waals surface area contributed by atoms with Crippen molar-refractivity contribution in [2.45, 2.75) is 56.3 Å². The minimum Gasteiger partial charge on any atom is -0.389 e. The summed E-state index contributed by atoms with van der Waals surface area (Å²) in [6, 6.07) is 13.5. The number of hydrogen-bond acceptors (Lipinski definition) is 3. The van der Waals surface area contributed by atoms with E-state index in [1.54, 1.807) is 0 Å². The second-order valence-corrected chi connectivity index (χ2v) is 6.01. The van der Waals surface area contributed by atoms with Crippen molar-refractivity contribution in [3.8, 4) is 6.07 Å². The highest BCUT2D eigenvalue weighted by molar-refractivity contribution is 5.16. The molecule has 2 aliphatic rings. The van der Waals surface area contributed by atoms with E-state index >= 15 is 0 Å². The minimum atomic E-state index is -0.742. The lowest BCUT2D eigenvalue weighted by Gasteiger charge is -2.43. The summed E-state index contributed by atoms with van der Waals surface area (Å²) >= 11 is 0. The Balaban J connectivity index is 1.72. The summed E-state index contributed by atoms with van der Waals surface area (Å²) in [6.45, 7) is 0.971. The zero-order valence-electron chi connectivity index (χ0n) is 11.1. The molecule has 3 nitrogen and oxygen atoms in total. The SMILES string of the molecule is N#CCC1(O)CC2CCC(C1)N2Cc1ccccc1. The Hall–Kier alpha value is -1.37. The third-order valence-corrected chi connectivity index (χ3v) is 4.62. The lowest BCUT2D eigenvalue weighted by molar-refractivity contribution is -0.0511. The van der Waals surface area contributed by atoms with Crippen LogP contribution in [0, 0.1) is 11.3 Å². The fourth-order valence-electron chi connectivity index (χ4n) is 3.76. The molecule has 100 valence electrons. The maximum Gasteiger partial charge on any atom is 0.0806 e. The fraction of sp³-hybridized carbons (Fsp3) is 0.562. The van der Waals surface area contributed by atoms with Crippen molar-refractivity contribution in [1.29, 1.82) is 5.26 Å². The topological polar surface area (TPSA) is 47.3 Å². The van der Waals surface area contributed by atoms with Gasteiger partial charge in [0.25, 0.3) is 0 Å². The maximum atomic E-state index is 10.5. The second kappa shape index (κ2) is 4.96. The van der Waals surface area contributed by atoms with Crippen LogP contribution < -0.4 is 0 Å². The number of aliphatic hydroxyl groups is 1. The Bertz CT molecular complexity index is 465. The van der Waals surface area contributed by atoms with Crippen LogP contribution in [0.4, 0.5) is 0 Å².